The lowest BCUT2D eigenvalue weighted by Gasteiger charge is -2.22. The van der Waals surface area contributed by atoms with Gasteiger partial charge in [-0.05, 0) is 45.7 Å². The van der Waals surface area contributed by atoms with Crippen molar-refractivity contribution in [3.05, 3.63) is 16.0 Å². The van der Waals surface area contributed by atoms with Crippen LogP contribution >= 0.6 is 11.3 Å². The minimum absolute atomic E-state index is 0.162. The fourth-order valence-electron chi connectivity index (χ4n) is 2.18. The third kappa shape index (κ3) is 2.58. The normalized spacial score (nSPS) is 14.0. The van der Waals surface area contributed by atoms with Crippen molar-refractivity contribution < 1.29 is 14.3 Å². The van der Waals surface area contributed by atoms with Gasteiger partial charge in [0.1, 0.15) is 5.00 Å². The zero-order valence-electron chi connectivity index (χ0n) is 12.3. The number of ether oxygens (including phenoxy) is 1. The minimum Gasteiger partial charge on any atom is -0.465 e. The topological polar surface area (TPSA) is 67.4 Å². The number of esters is 1. The number of carbonyl (C=O) groups excluding carboxylic acids is 2. The van der Waals surface area contributed by atoms with Gasteiger partial charge in [0.15, 0.2) is 0 Å². The molecule has 1 aliphatic carbocycles. The smallest absolute Gasteiger partial charge is 0.341 e. The van der Waals surface area contributed by atoms with Crippen molar-refractivity contribution in [2.24, 2.45) is 0 Å². The molecule has 0 atom stereocenters. The minimum atomic E-state index is -0.693. The van der Waals surface area contributed by atoms with Crippen molar-refractivity contribution in [2.75, 3.05) is 19.5 Å². The number of thiophene rings is 1. The van der Waals surface area contributed by atoms with E-state index >= 15 is 0 Å². The molecule has 2 N–H and O–H groups in total. The van der Waals surface area contributed by atoms with E-state index < -0.39 is 5.54 Å². The first-order chi connectivity index (χ1) is 9.40. The molecule has 0 radical (unpaired) electrons. The van der Waals surface area contributed by atoms with E-state index in [1.807, 2.05) is 0 Å². The van der Waals surface area contributed by atoms with Gasteiger partial charge in [-0.1, -0.05) is 0 Å². The second-order valence-corrected chi connectivity index (χ2v) is 6.49. The van der Waals surface area contributed by atoms with Crippen LogP contribution in [0.4, 0.5) is 5.00 Å². The third-order valence-corrected chi connectivity index (χ3v) is 4.94. The summed E-state index contributed by atoms with van der Waals surface area (Å²) in [7, 11) is 3.10. The first-order valence-corrected chi connectivity index (χ1v) is 7.45. The number of nitrogens with one attached hydrogen (secondary N) is 2. The molecule has 1 amide bonds. The quantitative estimate of drug-likeness (QED) is 0.834. The molecular weight excluding hydrogens is 276 g/mol. The van der Waals surface area contributed by atoms with Crippen LogP contribution in [0.1, 0.15) is 41.1 Å². The number of hydrogen-bond donors (Lipinski definition) is 2. The van der Waals surface area contributed by atoms with Crippen molar-refractivity contribution >= 4 is 28.2 Å². The summed E-state index contributed by atoms with van der Waals surface area (Å²) in [5.74, 6) is -0.535. The van der Waals surface area contributed by atoms with Gasteiger partial charge in [0.2, 0.25) is 5.91 Å². The van der Waals surface area contributed by atoms with Gasteiger partial charge in [-0.25, -0.2) is 4.79 Å². The van der Waals surface area contributed by atoms with Crippen LogP contribution in [0.25, 0.3) is 0 Å². The van der Waals surface area contributed by atoms with Gasteiger partial charge < -0.3 is 15.4 Å². The van der Waals surface area contributed by atoms with Crippen LogP contribution < -0.4 is 10.6 Å². The Morgan fingerprint density at radius 1 is 1.30 bits per heavy atom. The summed E-state index contributed by atoms with van der Waals surface area (Å²) in [6, 6.07) is 0. The lowest BCUT2D eigenvalue weighted by Crippen LogP contribution is -2.47. The van der Waals surface area contributed by atoms with Gasteiger partial charge in [0.05, 0.1) is 18.2 Å². The Morgan fingerprint density at radius 3 is 2.60 bits per heavy atom. The summed E-state index contributed by atoms with van der Waals surface area (Å²) in [4.78, 5) is 25.4. The van der Waals surface area contributed by atoms with Gasteiger partial charge in [-0.2, -0.15) is 0 Å². The van der Waals surface area contributed by atoms with Crippen LogP contribution in [-0.2, 0) is 22.4 Å². The average molecular weight is 296 g/mol. The SMILES string of the molecule is CNC(C)(C)C(=O)Nc1sc2c(c1C(=O)OC)CCC2. The van der Waals surface area contributed by atoms with E-state index in [0.717, 1.165) is 24.8 Å². The maximum Gasteiger partial charge on any atom is 0.341 e. The van der Waals surface area contributed by atoms with E-state index in [-0.39, 0.29) is 11.9 Å². The summed E-state index contributed by atoms with van der Waals surface area (Å²) in [6.07, 6.45) is 2.90. The Labute approximate surface area is 122 Å². The molecule has 0 fully saturated rings. The predicted octanol–water partition coefficient (Wildman–Crippen LogP) is 1.96. The number of anilines is 1. The van der Waals surface area contributed by atoms with E-state index in [1.165, 1.54) is 23.3 Å². The van der Waals surface area contributed by atoms with Gasteiger partial charge in [0.25, 0.3) is 0 Å². The number of fused-ring (bicyclic) bond motifs is 1. The highest BCUT2D eigenvalue weighted by Gasteiger charge is 2.31. The fourth-order valence-corrected chi connectivity index (χ4v) is 3.46. The summed E-state index contributed by atoms with van der Waals surface area (Å²) < 4.78 is 4.85. The molecule has 0 unspecified atom stereocenters. The third-order valence-electron chi connectivity index (χ3n) is 3.73. The maximum absolute atomic E-state index is 12.2. The summed E-state index contributed by atoms with van der Waals surface area (Å²) in [5, 5.41) is 6.42. The molecule has 6 heteroatoms. The lowest BCUT2D eigenvalue weighted by molar-refractivity contribution is -0.121. The van der Waals surface area contributed by atoms with Gasteiger partial charge >= 0.3 is 5.97 Å². The van der Waals surface area contributed by atoms with Gasteiger partial charge in [-0.15, -0.1) is 11.3 Å². The summed E-state index contributed by atoms with van der Waals surface area (Å²) in [6.45, 7) is 3.59. The number of carbonyl (C=O) groups is 2. The zero-order chi connectivity index (χ0) is 14.9. The van der Waals surface area contributed by atoms with Crippen LogP contribution in [0.3, 0.4) is 0 Å². The molecule has 1 aliphatic rings. The highest BCUT2D eigenvalue weighted by atomic mass is 32.1. The van der Waals surface area contributed by atoms with Crippen molar-refractivity contribution in [3.63, 3.8) is 0 Å². The number of amides is 1. The molecule has 1 aromatic rings. The maximum atomic E-state index is 12.2. The van der Waals surface area contributed by atoms with E-state index in [4.69, 9.17) is 4.74 Å². The summed E-state index contributed by atoms with van der Waals surface area (Å²) >= 11 is 1.49. The molecule has 20 heavy (non-hydrogen) atoms. The monoisotopic (exact) mass is 296 g/mol. The molecule has 0 saturated heterocycles. The van der Waals surface area contributed by atoms with Crippen molar-refractivity contribution in [1.82, 2.24) is 5.32 Å². The molecule has 0 bridgehead atoms. The van der Waals surface area contributed by atoms with Crippen LogP contribution in [0.5, 0.6) is 0 Å². The van der Waals surface area contributed by atoms with Crippen molar-refractivity contribution in [3.8, 4) is 0 Å². The number of methoxy groups -OCH3 is 1. The lowest BCUT2D eigenvalue weighted by atomic mass is 10.1. The first kappa shape index (κ1) is 15.0. The molecule has 2 rings (SSSR count). The second-order valence-electron chi connectivity index (χ2n) is 5.38. The average Bonchev–Trinajstić information content (AvgIpc) is 2.98. The molecule has 5 nitrogen and oxygen atoms in total. The highest BCUT2D eigenvalue weighted by molar-refractivity contribution is 7.17. The van der Waals surface area contributed by atoms with Crippen LogP contribution in [0.2, 0.25) is 0 Å². The van der Waals surface area contributed by atoms with Crippen LogP contribution in [-0.4, -0.2) is 31.6 Å². The Morgan fingerprint density at radius 2 is 2.00 bits per heavy atom. The second kappa shape index (κ2) is 5.54. The largest absolute Gasteiger partial charge is 0.465 e. The molecular formula is C14H20N2O3S. The number of aryl methyl sites for hydroxylation is 1. The van der Waals surface area contributed by atoms with E-state index in [1.54, 1.807) is 20.9 Å². The summed E-state index contributed by atoms with van der Waals surface area (Å²) in [5.41, 5.74) is 0.881. The zero-order valence-corrected chi connectivity index (χ0v) is 13.1. The molecule has 0 spiro atoms. The fraction of sp³-hybridized carbons (Fsp3) is 0.571. The van der Waals surface area contributed by atoms with E-state index in [9.17, 15) is 9.59 Å². The Balaban J connectivity index is 2.33. The predicted molar refractivity (Wildman–Crippen MR) is 79.5 cm³/mol. The van der Waals surface area contributed by atoms with E-state index in [2.05, 4.69) is 10.6 Å². The van der Waals surface area contributed by atoms with Gasteiger partial charge in [0, 0.05) is 4.88 Å². The van der Waals surface area contributed by atoms with E-state index in [0.29, 0.717) is 10.6 Å². The van der Waals surface area contributed by atoms with Crippen molar-refractivity contribution in [1.29, 1.82) is 0 Å². The molecule has 0 aromatic carbocycles. The highest BCUT2D eigenvalue weighted by Crippen LogP contribution is 2.39. The number of rotatable bonds is 4. The molecule has 1 heterocycles. The standard InChI is InChI=1S/C14H20N2O3S/c1-14(2,15-3)13(18)16-11-10(12(17)19-4)8-6-5-7-9(8)20-11/h15H,5-7H2,1-4H3,(H,16,18). The first-order valence-electron chi connectivity index (χ1n) is 6.64. The Bertz CT molecular complexity index is 549. The number of likely N-dealkylation sites (N-methyl/N-ethyl adjacent to an activating group) is 1. The Hall–Kier alpha value is -1.40. The van der Waals surface area contributed by atoms with Crippen molar-refractivity contribution in [2.45, 2.75) is 38.6 Å². The number of hydrogen-bond acceptors (Lipinski definition) is 5. The molecule has 110 valence electrons. The Kier molecular flexibility index (Phi) is 4.15. The molecule has 1 aromatic heterocycles. The molecule has 0 aliphatic heterocycles. The van der Waals surface area contributed by atoms with Crippen LogP contribution in [0, 0.1) is 0 Å². The molecule has 0 saturated carbocycles. The van der Waals surface area contributed by atoms with Crippen LogP contribution in [0.15, 0.2) is 0 Å². The van der Waals surface area contributed by atoms with Gasteiger partial charge in [-0.3, -0.25) is 4.79 Å².